The molecule has 0 aromatic heterocycles. The van der Waals surface area contributed by atoms with Crippen molar-refractivity contribution >= 4 is 19.8 Å². The molecule has 0 aliphatic carbocycles. The van der Waals surface area contributed by atoms with Crippen molar-refractivity contribution in [2.45, 2.75) is 186 Å². The molecule has 0 aromatic carbocycles. The maximum absolute atomic E-state index is 12.6. The minimum absolute atomic E-state index is 0.0403. The molecule has 0 radical (unpaired) electrons. The van der Waals surface area contributed by atoms with Gasteiger partial charge in [0.1, 0.15) is 6.61 Å². The molecule has 1 aliphatic heterocycles. The Balaban J connectivity index is 2.23. The molecule has 1 rings (SSSR count). The SMILES string of the molecule is CCCCCCCCC=CCCCCCCCC(=O)OCC(COP(=O)(O)OCCN)OC(=O)CCCC=CCC=CCC=CCC1OC1CCCCC. The Morgan fingerprint density at radius 1 is 0.667 bits per heavy atom. The number of rotatable bonds is 38. The Kier molecular flexibility index (Phi) is 32.7. The summed E-state index contributed by atoms with van der Waals surface area (Å²) in [7, 11) is -4.40. The molecule has 1 fully saturated rings. The third-order valence-electron chi connectivity index (χ3n) is 9.11. The van der Waals surface area contributed by atoms with E-state index in [-0.39, 0.29) is 32.6 Å². The Bertz CT molecular complexity index is 1090. The summed E-state index contributed by atoms with van der Waals surface area (Å²) in [5.41, 5.74) is 5.34. The third-order valence-corrected chi connectivity index (χ3v) is 10.1. The zero-order valence-electron chi connectivity index (χ0n) is 33.9. The number of unbranched alkanes of at least 4 members (excludes halogenated alkanes) is 14. The topological polar surface area (TPSA) is 147 Å². The first-order chi connectivity index (χ1) is 26.3. The second-order valence-corrected chi connectivity index (χ2v) is 15.7. The molecule has 312 valence electrons. The van der Waals surface area contributed by atoms with Gasteiger partial charge >= 0.3 is 19.8 Å². The van der Waals surface area contributed by atoms with Crippen LogP contribution in [0.15, 0.2) is 48.6 Å². The number of phosphoric acid groups is 1. The monoisotopic (exact) mass is 782 g/mol. The van der Waals surface area contributed by atoms with Crippen molar-refractivity contribution in [3.8, 4) is 0 Å². The van der Waals surface area contributed by atoms with Gasteiger partial charge in [0.25, 0.3) is 0 Å². The van der Waals surface area contributed by atoms with E-state index >= 15 is 0 Å². The molecule has 54 heavy (non-hydrogen) atoms. The van der Waals surface area contributed by atoms with Crippen molar-refractivity contribution in [2.75, 3.05) is 26.4 Å². The van der Waals surface area contributed by atoms with Crippen LogP contribution in [0.4, 0.5) is 0 Å². The Hall–Kier alpha value is -2.07. The molecule has 4 atom stereocenters. The summed E-state index contributed by atoms with van der Waals surface area (Å²) in [5, 5.41) is 0. The van der Waals surface area contributed by atoms with E-state index in [0.717, 1.165) is 51.4 Å². The van der Waals surface area contributed by atoms with Crippen molar-refractivity contribution < 1.29 is 42.3 Å². The summed E-state index contributed by atoms with van der Waals surface area (Å²) in [4.78, 5) is 34.8. The Labute approximate surface area is 328 Å². The number of nitrogens with two attached hydrogens (primary N) is 1. The van der Waals surface area contributed by atoms with Gasteiger partial charge in [0.05, 0.1) is 25.4 Å². The van der Waals surface area contributed by atoms with Crippen LogP contribution in [0, 0.1) is 0 Å². The second-order valence-electron chi connectivity index (χ2n) is 14.2. The van der Waals surface area contributed by atoms with Crippen LogP contribution < -0.4 is 5.73 Å². The first kappa shape index (κ1) is 49.9. The molecule has 0 saturated carbocycles. The molecule has 0 amide bonds. The fraction of sp³-hybridized carbons (Fsp3) is 0.767. The van der Waals surface area contributed by atoms with Crippen LogP contribution in [-0.4, -0.2) is 61.5 Å². The van der Waals surface area contributed by atoms with E-state index in [1.54, 1.807) is 0 Å². The normalized spacial score (nSPS) is 17.6. The fourth-order valence-electron chi connectivity index (χ4n) is 5.83. The number of phosphoric ester groups is 1. The molecular formula is C43H76NO9P. The molecule has 0 aromatic rings. The van der Waals surface area contributed by atoms with Gasteiger partial charge in [0.15, 0.2) is 6.10 Å². The fourth-order valence-corrected chi connectivity index (χ4v) is 6.60. The van der Waals surface area contributed by atoms with Crippen LogP contribution in [-0.2, 0) is 37.4 Å². The van der Waals surface area contributed by atoms with Crippen LogP contribution in [0.1, 0.15) is 168 Å². The number of esters is 2. The summed E-state index contributed by atoms with van der Waals surface area (Å²) < 4.78 is 38.4. The number of carbonyl (C=O) groups excluding carboxylic acids is 2. The molecule has 1 heterocycles. The maximum Gasteiger partial charge on any atom is 0.472 e. The Morgan fingerprint density at radius 3 is 1.91 bits per heavy atom. The van der Waals surface area contributed by atoms with E-state index in [0.29, 0.717) is 31.5 Å². The Morgan fingerprint density at radius 2 is 1.22 bits per heavy atom. The smallest absolute Gasteiger partial charge is 0.462 e. The number of epoxide rings is 1. The van der Waals surface area contributed by atoms with Gasteiger partial charge < -0.3 is 24.8 Å². The molecule has 1 aliphatic rings. The predicted octanol–water partition coefficient (Wildman–Crippen LogP) is 10.9. The molecule has 10 nitrogen and oxygen atoms in total. The van der Waals surface area contributed by atoms with Gasteiger partial charge in [0.2, 0.25) is 0 Å². The highest BCUT2D eigenvalue weighted by Gasteiger charge is 2.36. The van der Waals surface area contributed by atoms with Crippen molar-refractivity contribution in [1.29, 1.82) is 0 Å². The lowest BCUT2D eigenvalue weighted by atomic mass is 10.1. The number of hydrogen-bond donors (Lipinski definition) is 2. The van der Waals surface area contributed by atoms with Crippen molar-refractivity contribution in [3.05, 3.63) is 48.6 Å². The molecule has 0 spiro atoms. The van der Waals surface area contributed by atoms with Gasteiger partial charge in [-0.1, -0.05) is 133 Å². The third kappa shape index (κ3) is 32.2. The van der Waals surface area contributed by atoms with E-state index < -0.39 is 32.5 Å². The average Bonchev–Trinajstić information content (AvgIpc) is 3.91. The minimum Gasteiger partial charge on any atom is -0.462 e. The first-order valence-electron chi connectivity index (χ1n) is 21.2. The van der Waals surface area contributed by atoms with E-state index in [4.69, 9.17) is 29.0 Å². The highest BCUT2D eigenvalue weighted by atomic mass is 31.2. The van der Waals surface area contributed by atoms with Gasteiger partial charge in [0, 0.05) is 19.4 Å². The molecule has 1 saturated heterocycles. The van der Waals surface area contributed by atoms with Gasteiger partial charge in [-0.3, -0.25) is 18.6 Å². The number of ether oxygens (including phenoxy) is 3. The highest BCUT2D eigenvalue weighted by molar-refractivity contribution is 7.47. The number of carbonyl (C=O) groups is 2. The zero-order valence-corrected chi connectivity index (χ0v) is 34.8. The molecule has 4 unspecified atom stereocenters. The van der Waals surface area contributed by atoms with Crippen LogP contribution in [0.3, 0.4) is 0 Å². The average molecular weight is 782 g/mol. The molecule has 11 heteroatoms. The summed E-state index contributed by atoms with van der Waals surface area (Å²) in [5.74, 6) is -0.911. The summed E-state index contributed by atoms with van der Waals surface area (Å²) in [6, 6.07) is 0. The van der Waals surface area contributed by atoms with Crippen LogP contribution >= 0.6 is 7.82 Å². The maximum atomic E-state index is 12.6. The van der Waals surface area contributed by atoms with Crippen LogP contribution in [0.25, 0.3) is 0 Å². The number of allylic oxidation sites excluding steroid dienone is 7. The first-order valence-corrected chi connectivity index (χ1v) is 22.7. The molecular weight excluding hydrogens is 705 g/mol. The largest absolute Gasteiger partial charge is 0.472 e. The lowest BCUT2D eigenvalue weighted by molar-refractivity contribution is -0.161. The second kappa shape index (κ2) is 35.4. The molecule has 3 N–H and O–H groups in total. The number of hydrogen-bond acceptors (Lipinski definition) is 9. The lowest BCUT2D eigenvalue weighted by Crippen LogP contribution is -2.29. The van der Waals surface area contributed by atoms with E-state index in [1.807, 2.05) is 6.08 Å². The van der Waals surface area contributed by atoms with Gasteiger partial charge in [-0.05, 0) is 70.6 Å². The van der Waals surface area contributed by atoms with Crippen LogP contribution in [0.5, 0.6) is 0 Å². The van der Waals surface area contributed by atoms with E-state index in [2.05, 4.69) is 56.4 Å². The van der Waals surface area contributed by atoms with Gasteiger partial charge in [-0.2, -0.15) is 0 Å². The van der Waals surface area contributed by atoms with Crippen LogP contribution in [0.2, 0.25) is 0 Å². The van der Waals surface area contributed by atoms with Crippen molar-refractivity contribution in [1.82, 2.24) is 0 Å². The zero-order chi connectivity index (χ0) is 39.4. The minimum atomic E-state index is -4.40. The highest BCUT2D eigenvalue weighted by Crippen LogP contribution is 2.43. The standard InChI is InChI=1S/C43H76NO9P/c1-3-5-7-8-9-10-11-12-13-14-15-19-22-25-29-33-42(45)49-37-39(38-51-54(47,48)50-36-35-44)52-43(46)34-30-26-23-20-17-16-18-21-24-28-32-41-40(53-41)31-27-6-4-2/h12-13,16,18,20,23-24,28,39-41H,3-11,14-15,17,19,21-22,25-27,29-38,44H2,1-2H3,(H,47,48). The lowest BCUT2D eigenvalue weighted by Gasteiger charge is -2.19. The summed E-state index contributed by atoms with van der Waals surface area (Å²) in [6.45, 7) is 3.61. The van der Waals surface area contributed by atoms with Gasteiger partial charge in [-0.15, -0.1) is 0 Å². The van der Waals surface area contributed by atoms with Crippen molar-refractivity contribution in [2.24, 2.45) is 5.73 Å². The molecule has 0 bridgehead atoms. The summed E-state index contributed by atoms with van der Waals surface area (Å²) >= 11 is 0. The van der Waals surface area contributed by atoms with E-state index in [9.17, 15) is 19.0 Å². The summed E-state index contributed by atoms with van der Waals surface area (Å²) in [6.07, 6.45) is 41.8. The predicted molar refractivity (Wildman–Crippen MR) is 219 cm³/mol. The van der Waals surface area contributed by atoms with E-state index in [1.165, 1.54) is 70.6 Å². The van der Waals surface area contributed by atoms with Crippen molar-refractivity contribution in [3.63, 3.8) is 0 Å². The quantitative estimate of drug-likeness (QED) is 0.0204. The van der Waals surface area contributed by atoms with Gasteiger partial charge in [-0.25, -0.2) is 4.57 Å².